The average molecular weight is 435 g/mol. The molecular formula is C20H17F4N5O2. The van der Waals surface area contributed by atoms with Gasteiger partial charge in [0.25, 0.3) is 5.56 Å². The summed E-state index contributed by atoms with van der Waals surface area (Å²) in [6, 6.07) is 10.1. The topological polar surface area (TPSA) is 71.3 Å². The van der Waals surface area contributed by atoms with Crippen molar-refractivity contribution in [3.05, 3.63) is 80.4 Å². The second kappa shape index (κ2) is 7.18. The molecule has 1 aliphatic rings. The number of alkyl halides is 3. The summed E-state index contributed by atoms with van der Waals surface area (Å²) in [5, 5.41) is 1.51. The summed E-state index contributed by atoms with van der Waals surface area (Å²) in [4.78, 5) is 24.8. The van der Waals surface area contributed by atoms with Crippen molar-refractivity contribution in [2.24, 2.45) is 7.05 Å². The van der Waals surface area contributed by atoms with Gasteiger partial charge < -0.3 is 0 Å². The Morgan fingerprint density at radius 1 is 0.968 bits per heavy atom. The molecule has 11 heteroatoms. The molecule has 3 aromatic rings. The Bertz CT molecular complexity index is 1280. The van der Waals surface area contributed by atoms with Crippen molar-refractivity contribution in [1.82, 2.24) is 9.13 Å². The van der Waals surface area contributed by atoms with Crippen LogP contribution in [0.2, 0.25) is 0 Å². The molecule has 4 rings (SSSR count). The minimum Gasteiger partial charge on any atom is -0.292 e. The third-order valence-corrected chi connectivity index (χ3v) is 5.01. The van der Waals surface area contributed by atoms with Crippen LogP contribution in [0.1, 0.15) is 18.2 Å². The predicted molar refractivity (Wildman–Crippen MR) is 108 cm³/mol. The maximum atomic E-state index is 14.8. The summed E-state index contributed by atoms with van der Waals surface area (Å²) in [5.74, 6) is -0.949. The van der Waals surface area contributed by atoms with Gasteiger partial charge in [-0.25, -0.2) is 13.8 Å². The van der Waals surface area contributed by atoms with E-state index >= 15 is 0 Å². The number of anilines is 3. The lowest BCUT2D eigenvalue weighted by Crippen LogP contribution is -2.41. The van der Waals surface area contributed by atoms with E-state index in [0.717, 1.165) is 30.8 Å². The third kappa shape index (κ3) is 3.51. The van der Waals surface area contributed by atoms with Gasteiger partial charge in [0.05, 0.1) is 22.7 Å². The number of benzene rings is 2. The molecule has 31 heavy (non-hydrogen) atoms. The normalized spacial score (nSPS) is 13.0. The molecule has 0 saturated carbocycles. The highest BCUT2D eigenvalue weighted by molar-refractivity contribution is 5.81. The van der Waals surface area contributed by atoms with Gasteiger partial charge >= 0.3 is 11.9 Å². The Hall–Kier alpha value is -3.76. The van der Waals surface area contributed by atoms with Gasteiger partial charge in [-0.15, -0.1) is 0 Å². The van der Waals surface area contributed by atoms with Crippen LogP contribution in [0, 0.1) is 5.82 Å². The molecule has 2 heterocycles. The van der Waals surface area contributed by atoms with E-state index in [9.17, 15) is 27.2 Å². The molecule has 0 atom stereocenters. The molecule has 0 amide bonds. The van der Waals surface area contributed by atoms with E-state index in [4.69, 9.17) is 0 Å². The molecule has 1 aromatic heterocycles. The van der Waals surface area contributed by atoms with Crippen LogP contribution in [0.3, 0.4) is 0 Å². The Morgan fingerprint density at radius 3 is 2.16 bits per heavy atom. The van der Waals surface area contributed by atoms with Crippen LogP contribution in [0.5, 0.6) is 0 Å². The molecule has 0 saturated heterocycles. The van der Waals surface area contributed by atoms with E-state index in [0.29, 0.717) is 15.9 Å². The molecule has 0 aliphatic carbocycles. The van der Waals surface area contributed by atoms with Gasteiger partial charge in [0.2, 0.25) is 0 Å². The number of aromatic nitrogens is 2. The Balaban J connectivity index is 1.75. The van der Waals surface area contributed by atoms with E-state index in [1.165, 1.54) is 11.2 Å². The van der Waals surface area contributed by atoms with Crippen molar-refractivity contribution in [1.29, 1.82) is 0 Å². The number of nitrogens with one attached hydrogen (secondary N) is 2. The first kappa shape index (κ1) is 20.5. The van der Waals surface area contributed by atoms with E-state index in [1.807, 2.05) is 31.2 Å². The molecule has 0 spiro atoms. The summed E-state index contributed by atoms with van der Waals surface area (Å²) >= 11 is 0. The first-order chi connectivity index (χ1) is 14.6. The predicted octanol–water partition coefficient (Wildman–Crippen LogP) is 3.43. The average Bonchev–Trinajstić information content (AvgIpc) is 3.13. The zero-order valence-electron chi connectivity index (χ0n) is 16.4. The van der Waals surface area contributed by atoms with Crippen molar-refractivity contribution in [3.63, 3.8) is 0 Å². The second-order valence-corrected chi connectivity index (χ2v) is 6.97. The number of nitrogens with zero attached hydrogens (tertiary/aromatic N) is 3. The number of hydrogen-bond acceptors (Lipinski definition) is 5. The van der Waals surface area contributed by atoms with Crippen molar-refractivity contribution >= 4 is 17.1 Å². The maximum Gasteiger partial charge on any atom is 0.431 e. The van der Waals surface area contributed by atoms with Crippen LogP contribution in [0.4, 0.5) is 34.6 Å². The fourth-order valence-corrected chi connectivity index (χ4v) is 3.32. The van der Waals surface area contributed by atoms with Crippen LogP contribution in [-0.2, 0) is 19.6 Å². The van der Waals surface area contributed by atoms with E-state index in [2.05, 4.69) is 10.9 Å². The van der Waals surface area contributed by atoms with Crippen molar-refractivity contribution in [2.45, 2.75) is 19.5 Å². The molecule has 162 valence electrons. The molecular weight excluding hydrogens is 418 g/mol. The highest BCUT2D eigenvalue weighted by Gasteiger charge is 2.35. The van der Waals surface area contributed by atoms with Crippen LogP contribution < -0.4 is 27.2 Å². The summed E-state index contributed by atoms with van der Waals surface area (Å²) in [7, 11) is 0.869. The number of hydrazine groups is 2. The fourth-order valence-electron chi connectivity index (χ4n) is 3.32. The van der Waals surface area contributed by atoms with Crippen molar-refractivity contribution in [3.8, 4) is 5.69 Å². The molecule has 0 unspecified atom stereocenters. The number of halogens is 4. The Labute approximate surface area is 173 Å². The van der Waals surface area contributed by atoms with Gasteiger partial charge in [0.1, 0.15) is 11.5 Å². The van der Waals surface area contributed by atoms with E-state index in [1.54, 1.807) is 0 Å². The smallest absolute Gasteiger partial charge is 0.292 e. The van der Waals surface area contributed by atoms with Crippen LogP contribution >= 0.6 is 0 Å². The Kier molecular flexibility index (Phi) is 4.75. The highest BCUT2D eigenvalue weighted by atomic mass is 19.4. The SMILES string of the molecule is CCc1ccc(N2Nc3cc(F)c(-n4c(=O)cc(C(F)(F)F)n(C)c4=O)cc3N2)cc1. The highest BCUT2D eigenvalue weighted by Crippen LogP contribution is 2.34. The van der Waals surface area contributed by atoms with Crippen molar-refractivity contribution < 1.29 is 17.6 Å². The maximum absolute atomic E-state index is 14.8. The summed E-state index contributed by atoms with van der Waals surface area (Å²) in [6.07, 6.45) is -4.03. The monoisotopic (exact) mass is 435 g/mol. The first-order valence-electron chi connectivity index (χ1n) is 9.26. The van der Waals surface area contributed by atoms with Gasteiger partial charge in [0, 0.05) is 19.2 Å². The summed E-state index contributed by atoms with van der Waals surface area (Å²) < 4.78 is 54.5. The number of rotatable bonds is 3. The molecule has 2 N–H and O–H groups in total. The van der Waals surface area contributed by atoms with Crippen LogP contribution in [-0.4, -0.2) is 9.13 Å². The van der Waals surface area contributed by atoms with E-state index in [-0.39, 0.29) is 10.6 Å². The largest absolute Gasteiger partial charge is 0.431 e. The Morgan fingerprint density at radius 2 is 1.58 bits per heavy atom. The van der Waals surface area contributed by atoms with Gasteiger partial charge in [-0.1, -0.05) is 19.1 Å². The number of fused-ring (bicyclic) bond motifs is 1. The summed E-state index contributed by atoms with van der Waals surface area (Å²) in [6.45, 7) is 2.02. The molecule has 7 nitrogen and oxygen atoms in total. The quantitative estimate of drug-likeness (QED) is 0.617. The lowest BCUT2D eigenvalue weighted by atomic mass is 10.1. The molecule has 0 fully saturated rings. The minimum absolute atomic E-state index is 0.265. The van der Waals surface area contributed by atoms with Gasteiger partial charge in [-0.3, -0.25) is 20.2 Å². The van der Waals surface area contributed by atoms with Crippen LogP contribution in [0.15, 0.2) is 52.1 Å². The molecule has 0 bridgehead atoms. The van der Waals surface area contributed by atoms with Crippen LogP contribution in [0.25, 0.3) is 5.69 Å². The standard InChI is InChI=1S/C20H17F4N5O2/c1-3-11-4-6-12(7-5-11)29-25-14-8-13(21)16(9-15(14)26-29)28-18(30)10-17(20(22,23)24)27(2)19(28)31/h4-10,25-26H,3H2,1-2H3. The summed E-state index contributed by atoms with van der Waals surface area (Å²) in [5.41, 5.74) is 3.96. The first-order valence-corrected chi connectivity index (χ1v) is 9.26. The molecule has 0 radical (unpaired) electrons. The molecule has 1 aliphatic heterocycles. The molecule has 2 aromatic carbocycles. The lowest BCUT2D eigenvalue weighted by molar-refractivity contribution is -0.144. The number of aryl methyl sites for hydroxylation is 1. The van der Waals surface area contributed by atoms with Gasteiger partial charge in [-0.05, 0) is 30.2 Å². The third-order valence-electron chi connectivity index (χ3n) is 5.01. The van der Waals surface area contributed by atoms with Gasteiger partial charge in [-0.2, -0.15) is 18.3 Å². The fraction of sp³-hybridized carbons (Fsp3) is 0.200. The zero-order valence-corrected chi connectivity index (χ0v) is 16.4. The second-order valence-electron chi connectivity index (χ2n) is 6.97. The van der Waals surface area contributed by atoms with E-state index < -0.39 is 34.6 Å². The van der Waals surface area contributed by atoms with Gasteiger partial charge in [0.15, 0.2) is 0 Å². The number of hydrogen-bond donors (Lipinski definition) is 2. The van der Waals surface area contributed by atoms with Crippen molar-refractivity contribution in [2.75, 3.05) is 16.0 Å². The lowest BCUT2D eigenvalue weighted by Gasteiger charge is -2.18. The minimum atomic E-state index is -4.90. The zero-order chi connectivity index (χ0) is 22.5.